The normalized spacial score (nSPS) is 14.5. The molecule has 1 amide bonds. The molecule has 0 atom stereocenters. The van der Waals surface area contributed by atoms with Gasteiger partial charge >= 0.3 is 6.01 Å². The van der Waals surface area contributed by atoms with Crippen molar-refractivity contribution in [2.24, 2.45) is 0 Å². The Balaban J connectivity index is 1.66. The van der Waals surface area contributed by atoms with Gasteiger partial charge in [-0.15, -0.1) is 0 Å². The summed E-state index contributed by atoms with van der Waals surface area (Å²) in [6, 6.07) is 10.0. The molecule has 1 N–H and O–H groups in total. The summed E-state index contributed by atoms with van der Waals surface area (Å²) in [5.41, 5.74) is 4.84. The highest BCUT2D eigenvalue weighted by molar-refractivity contribution is 5.86. The molecule has 1 aliphatic carbocycles. The first-order valence-corrected chi connectivity index (χ1v) is 9.74. The maximum Gasteiger partial charge on any atom is 0.328 e. The number of imidazole rings is 1. The molecule has 3 heterocycles. The van der Waals surface area contributed by atoms with Crippen LogP contribution in [0.5, 0.6) is 0 Å². The number of fused-ring (bicyclic) bond motifs is 1. The van der Waals surface area contributed by atoms with Gasteiger partial charge in [0.1, 0.15) is 0 Å². The molecule has 8 heteroatoms. The van der Waals surface area contributed by atoms with E-state index in [2.05, 4.69) is 26.6 Å². The fourth-order valence-corrected chi connectivity index (χ4v) is 4.13. The lowest BCUT2D eigenvalue weighted by molar-refractivity contribution is -0.114. The number of nitrogens with zero attached hydrogens (tertiary/aromatic N) is 5. The predicted octanol–water partition coefficient (Wildman–Crippen LogP) is 4.06. The van der Waals surface area contributed by atoms with Gasteiger partial charge < -0.3 is 4.52 Å². The van der Waals surface area contributed by atoms with Crippen LogP contribution in [0.4, 0.5) is 6.01 Å². The molecule has 4 aromatic rings. The molecule has 0 bridgehead atoms. The van der Waals surface area contributed by atoms with Gasteiger partial charge in [-0.1, -0.05) is 36.2 Å². The van der Waals surface area contributed by atoms with E-state index < -0.39 is 0 Å². The molecule has 1 aliphatic rings. The number of rotatable bonds is 4. The summed E-state index contributed by atoms with van der Waals surface area (Å²) in [6.45, 7) is 1.41. The first kappa shape index (κ1) is 17.5. The molecule has 1 aromatic carbocycles. The molecule has 3 aromatic heterocycles. The summed E-state index contributed by atoms with van der Waals surface area (Å²) < 4.78 is 7.00. The molecule has 0 saturated heterocycles. The lowest BCUT2D eigenvalue weighted by Crippen LogP contribution is -2.06. The lowest BCUT2D eigenvalue weighted by atomic mass is 9.87. The number of anilines is 1. The molecule has 0 radical (unpaired) electrons. The van der Waals surface area contributed by atoms with Crippen molar-refractivity contribution in [2.45, 2.75) is 38.5 Å². The second-order valence-corrected chi connectivity index (χ2v) is 7.31. The Labute approximate surface area is 167 Å². The van der Waals surface area contributed by atoms with Gasteiger partial charge in [0.15, 0.2) is 5.65 Å². The van der Waals surface area contributed by atoms with Crippen molar-refractivity contribution in [1.29, 1.82) is 0 Å². The highest BCUT2D eigenvalue weighted by Gasteiger charge is 2.26. The van der Waals surface area contributed by atoms with E-state index in [9.17, 15) is 4.79 Å². The molecule has 8 nitrogen and oxygen atoms in total. The molecule has 0 unspecified atom stereocenters. The van der Waals surface area contributed by atoms with Crippen LogP contribution in [-0.4, -0.2) is 30.6 Å². The fourth-order valence-electron chi connectivity index (χ4n) is 4.13. The SMILES string of the molecule is CC(=O)Nc1nc(-c2cccc(-c3cn4ncccc4n3)c2C2CCCC2)no1. The first-order chi connectivity index (χ1) is 14.2. The van der Waals surface area contributed by atoms with E-state index in [1.54, 1.807) is 10.7 Å². The van der Waals surface area contributed by atoms with E-state index in [0.717, 1.165) is 35.3 Å². The molecule has 1 saturated carbocycles. The van der Waals surface area contributed by atoms with Crippen LogP contribution in [0.3, 0.4) is 0 Å². The molecular formula is C21H20N6O2. The summed E-state index contributed by atoms with van der Waals surface area (Å²) in [5.74, 6) is 0.628. The zero-order valence-electron chi connectivity index (χ0n) is 16.0. The van der Waals surface area contributed by atoms with Gasteiger partial charge in [0, 0.05) is 24.2 Å². The van der Waals surface area contributed by atoms with Crippen LogP contribution in [-0.2, 0) is 4.79 Å². The number of carbonyl (C=O) groups is 1. The maximum absolute atomic E-state index is 11.3. The minimum absolute atomic E-state index is 0.104. The van der Waals surface area contributed by atoms with Crippen LogP contribution in [0, 0.1) is 0 Å². The average Bonchev–Trinajstić information content (AvgIpc) is 3.47. The highest BCUT2D eigenvalue weighted by atomic mass is 16.5. The Bertz CT molecular complexity index is 1160. The van der Waals surface area contributed by atoms with Gasteiger partial charge in [-0.25, -0.2) is 9.50 Å². The number of carbonyl (C=O) groups excluding carboxylic acids is 1. The van der Waals surface area contributed by atoms with Crippen molar-refractivity contribution in [3.8, 4) is 22.6 Å². The number of aromatic nitrogens is 5. The molecule has 0 aliphatic heterocycles. The summed E-state index contributed by atoms with van der Waals surface area (Å²) in [7, 11) is 0. The zero-order valence-corrected chi connectivity index (χ0v) is 16.0. The van der Waals surface area contributed by atoms with Crippen LogP contribution in [0.15, 0.2) is 47.2 Å². The van der Waals surface area contributed by atoms with E-state index in [1.807, 2.05) is 30.5 Å². The first-order valence-electron chi connectivity index (χ1n) is 9.74. The maximum atomic E-state index is 11.3. The van der Waals surface area contributed by atoms with Crippen LogP contribution >= 0.6 is 0 Å². The van der Waals surface area contributed by atoms with E-state index >= 15 is 0 Å². The molecule has 29 heavy (non-hydrogen) atoms. The van der Waals surface area contributed by atoms with Gasteiger partial charge in [-0.2, -0.15) is 10.1 Å². The largest absolute Gasteiger partial charge is 0.328 e. The van der Waals surface area contributed by atoms with Crippen molar-refractivity contribution in [3.05, 3.63) is 48.3 Å². The van der Waals surface area contributed by atoms with E-state index in [4.69, 9.17) is 9.51 Å². The Morgan fingerprint density at radius 1 is 1.14 bits per heavy atom. The van der Waals surface area contributed by atoms with Crippen LogP contribution in [0.1, 0.15) is 44.1 Å². The number of nitrogens with one attached hydrogen (secondary N) is 1. The Morgan fingerprint density at radius 2 is 1.97 bits per heavy atom. The van der Waals surface area contributed by atoms with Gasteiger partial charge in [0.2, 0.25) is 11.7 Å². The van der Waals surface area contributed by atoms with Crippen LogP contribution in [0.2, 0.25) is 0 Å². The number of hydrogen-bond donors (Lipinski definition) is 1. The van der Waals surface area contributed by atoms with Crippen LogP contribution in [0.25, 0.3) is 28.3 Å². The Hall–Kier alpha value is -3.55. The summed E-state index contributed by atoms with van der Waals surface area (Å²) >= 11 is 0. The zero-order chi connectivity index (χ0) is 19.8. The molecule has 1 fully saturated rings. The lowest BCUT2D eigenvalue weighted by Gasteiger charge is -2.17. The van der Waals surface area contributed by atoms with E-state index in [-0.39, 0.29) is 11.9 Å². The van der Waals surface area contributed by atoms with E-state index in [0.29, 0.717) is 11.7 Å². The summed E-state index contributed by atoms with van der Waals surface area (Å²) in [5, 5.41) is 11.0. The monoisotopic (exact) mass is 388 g/mol. The third kappa shape index (κ3) is 3.26. The minimum atomic E-state index is -0.248. The standard InChI is InChI=1S/C21H20N6O2/c1-13(28)23-21-25-20(26-29-21)16-9-4-8-15(19(16)14-6-2-3-7-14)17-12-27-18(24-17)10-5-11-22-27/h4-5,8-12,14H,2-3,6-7H2,1H3,(H,23,25,26,28). The topological polar surface area (TPSA) is 98.2 Å². The Morgan fingerprint density at radius 3 is 2.76 bits per heavy atom. The minimum Gasteiger partial charge on any atom is -0.315 e. The summed E-state index contributed by atoms with van der Waals surface area (Å²) in [6.07, 6.45) is 8.34. The second kappa shape index (κ2) is 7.12. The average molecular weight is 388 g/mol. The highest BCUT2D eigenvalue weighted by Crippen LogP contribution is 2.43. The molecule has 5 rings (SSSR count). The van der Waals surface area contributed by atoms with Crippen molar-refractivity contribution in [3.63, 3.8) is 0 Å². The smallest absolute Gasteiger partial charge is 0.315 e. The van der Waals surface area contributed by atoms with Crippen molar-refractivity contribution in [2.75, 3.05) is 5.32 Å². The van der Waals surface area contributed by atoms with Crippen molar-refractivity contribution >= 4 is 17.6 Å². The third-order valence-corrected chi connectivity index (χ3v) is 5.33. The number of benzene rings is 1. The number of hydrogen-bond acceptors (Lipinski definition) is 6. The van der Waals surface area contributed by atoms with Crippen molar-refractivity contribution in [1.82, 2.24) is 24.7 Å². The fraction of sp³-hybridized carbons (Fsp3) is 0.286. The molecule has 146 valence electrons. The molecule has 0 spiro atoms. The van der Waals surface area contributed by atoms with E-state index in [1.165, 1.54) is 25.3 Å². The quantitative estimate of drug-likeness (QED) is 0.566. The second-order valence-electron chi connectivity index (χ2n) is 7.31. The molecular weight excluding hydrogens is 368 g/mol. The van der Waals surface area contributed by atoms with Gasteiger partial charge in [-0.05, 0) is 36.5 Å². The van der Waals surface area contributed by atoms with Gasteiger partial charge in [0.25, 0.3) is 0 Å². The predicted molar refractivity (Wildman–Crippen MR) is 107 cm³/mol. The number of amides is 1. The Kier molecular flexibility index (Phi) is 4.31. The van der Waals surface area contributed by atoms with Gasteiger partial charge in [0.05, 0.1) is 11.9 Å². The summed E-state index contributed by atoms with van der Waals surface area (Å²) in [4.78, 5) is 20.5. The third-order valence-electron chi connectivity index (χ3n) is 5.33. The van der Waals surface area contributed by atoms with Gasteiger partial charge in [-0.3, -0.25) is 10.1 Å². The van der Waals surface area contributed by atoms with Crippen molar-refractivity contribution < 1.29 is 9.32 Å². The van der Waals surface area contributed by atoms with Crippen LogP contribution < -0.4 is 5.32 Å².